The average Bonchev–Trinajstić information content (AvgIpc) is 3.44. The summed E-state index contributed by atoms with van der Waals surface area (Å²) >= 11 is 12.5. The van der Waals surface area contributed by atoms with Crippen molar-refractivity contribution in [3.63, 3.8) is 0 Å². The van der Waals surface area contributed by atoms with Gasteiger partial charge >= 0.3 is 6.18 Å². The van der Waals surface area contributed by atoms with E-state index in [1.165, 1.54) is 4.68 Å². The van der Waals surface area contributed by atoms with Crippen molar-refractivity contribution in [2.45, 2.75) is 38.0 Å². The van der Waals surface area contributed by atoms with Crippen molar-refractivity contribution in [3.8, 4) is 0 Å². The average molecular weight is 461 g/mol. The van der Waals surface area contributed by atoms with E-state index >= 15 is 0 Å². The van der Waals surface area contributed by atoms with E-state index in [0.29, 0.717) is 48.5 Å². The number of nitrogens with zero attached hydrogens (tertiary/aromatic N) is 4. The van der Waals surface area contributed by atoms with Gasteiger partial charge in [0.1, 0.15) is 6.54 Å². The van der Waals surface area contributed by atoms with E-state index in [2.05, 4.69) is 10.00 Å². The van der Waals surface area contributed by atoms with Crippen LogP contribution >= 0.6 is 23.2 Å². The van der Waals surface area contributed by atoms with Crippen LogP contribution in [0.25, 0.3) is 0 Å². The van der Waals surface area contributed by atoms with Crippen LogP contribution in [0.3, 0.4) is 0 Å². The molecule has 1 saturated heterocycles. The second-order valence-electron chi connectivity index (χ2n) is 7.74. The molecule has 0 radical (unpaired) electrons. The first-order valence-corrected chi connectivity index (χ1v) is 10.6. The Morgan fingerprint density at radius 2 is 1.73 bits per heavy atom. The molecule has 0 atom stereocenters. The Morgan fingerprint density at radius 1 is 1.10 bits per heavy atom. The number of hydrogen-bond acceptors (Lipinski definition) is 3. The Labute approximate surface area is 182 Å². The third kappa shape index (κ3) is 4.76. The number of benzene rings is 1. The van der Waals surface area contributed by atoms with Crippen LogP contribution in [0.5, 0.6) is 0 Å². The van der Waals surface area contributed by atoms with Gasteiger partial charge in [-0.2, -0.15) is 18.3 Å². The van der Waals surface area contributed by atoms with E-state index in [1.54, 1.807) is 23.1 Å². The van der Waals surface area contributed by atoms with E-state index in [9.17, 15) is 18.0 Å². The monoisotopic (exact) mass is 460 g/mol. The first kappa shape index (κ1) is 21.5. The number of carbonyl (C=O) groups excluding carboxylic acids is 1. The van der Waals surface area contributed by atoms with Crippen molar-refractivity contribution >= 4 is 29.1 Å². The van der Waals surface area contributed by atoms with Crippen LogP contribution in [0.2, 0.25) is 10.0 Å². The summed E-state index contributed by atoms with van der Waals surface area (Å²) in [6.45, 7) is 2.67. The van der Waals surface area contributed by atoms with Crippen molar-refractivity contribution < 1.29 is 18.0 Å². The predicted octanol–water partition coefficient (Wildman–Crippen LogP) is 4.43. The minimum absolute atomic E-state index is 0.0682. The minimum Gasteiger partial charge on any atom is -0.339 e. The normalized spacial score (nSPS) is 18.1. The van der Waals surface area contributed by atoms with E-state index in [0.717, 1.165) is 24.5 Å². The van der Waals surface area contributed by atoms with Crippen LogP contribution in [-0.2, 0) is 24.1 Å². The van der Waals surface area contributed by atoms with E-state index in [1.807, 2.05) is 0 Å². The molecule has 1 aromatic carbocycles. The Kier molecular flexibility index (Phi) is 6.01. The number of hydrogen-bond donors (Lipinski definition) is 0. The van der Waals surface area contributed by atoms with E-state index in [-0.39, 0.29) is 18.4 Å². The molecular formula is C20H21Cl2F3N4O. The van der Waals surface area contributed by atoms with Crippen molar-refractivity contribution in [1.82, 2.24) is 19.6 Å². The summed E-state index contributed by atoms with van der Waals surface area (Å²) < 4.78 is 40.4. The Morgan fingerprint density at radius 3 is 2.30 bits per heavy atom. The highest BCUT2D eigenvalue weighted by Crippen LogP contribution is 2.42. The maximum absolute atomic E-state index is 13.0. The number of rotatable bonds is 5. The van der Waals surface area contributed by atoms with Crippen LogP contribution in [0.4, 0.5) is 13.2 Å². The lowest BCUT2D eigenvalue weighted by molar-refractivity contribution is -0.142. The quantitative estimate of drug-likeness (QED) is 0.662. The largest absolute Gasteiger partial charge is 0.435 e. The minimum atomic E-state index is -4.51. The summed E-state index contributed by atoms with van der Waals surface area (Å²) in [5.74, 6) is -0.150. The van der Waals surface area contributed by atoms with Crippen LogP contribution in [-0.4, -0.2) is 51.7 Å². The van der Waals surface area contributed by atoms with Gasteiger partial charge in [-0.05, 0) is 31.0 Å². The van der Waals surface area contributed by atoms with Gasteiger partial charge in [-0.15, -0.1) is 0 Å². The summed E-state index contributed by atoms with van der Waals surface area (Å²) in [7, 11) is 0. The second kappa shape index (κ2) is 8.40. The highest BCUT2D eigenvalue weighted by atomic mass is 35.5. The molecule has 2 aliphatic rings. The zero-order valence-corrected chi connectivity index (χ0v) is 17.6. The molecule has 2 aromatic rings. The topological polar surface area (TPSA) is 41.4 Å². The fourth-order valence-electron chi connectivity index (χ4n) is 3.69. The lowest BCUT2D eigenvalue weighted by Crippen LogP contribution is -2.49. The standard InChI is InChI=1S/C20H21Cl2F3N4O/c21-15-2-1-3-16(22)14(15)11-27-6-8-28(9-7-27)19(30)12-29-17(13-4-5-13)10-18(26-29)20(23,24)25/h1-3,10,13H,4-9,11-12H2. The first-order chi connectivity index (χ1) is 14.2. The van der Waals surface area contributed by atoms with Crippen LogP contribution in [0, 0.1) is 0 Å². The van der Waals surface area contributed by atoms with Gasteiger partial charge in [0.2, 0.25) is 5.91 Å². The maximum Gasteiger partial charge on any atom is 0.435 e. The van der Waals surface area contributed by atoms with Gasteiger partial charge in [-0.1, -0.05) is 29.3 Å². The molecule has 2 heterocycles. The summed E-state index contributed by atoms with van der Waals surface area (Å²) in [5, 5.41) is 4.88. The molecule has 162 valence electrons. The number of alkyl halides is 3. The zero-order chi connectivity index (χ0) is 21.5. The molecule has 0 bridgehead atoms. The van der Waals surface area contributed by atoms with Crippen molar-refractivity contribution in [1.29, 1.82) is 0 Å². The second-order valence-corrected chi connectivity index (χ2v) is 8.56. The van der Waals surface area contributed by atoms with Gasteiger partial charge < -0.3 is 4.90 Å². The van der Waals surface area contributed by atoms with E-state index < -0.39 is 11.9 Å². The lowest BCUT2D eigenvalue weighted by Gasteiger charge is -2.35. The first-order valence-electron chi connectivity index (χ1n) is 9.80. The van der Waals surface area contributed by atoms with E-state index in [4.69, 9.17) is 23.2 Å². The van der Waals surface area contributed by atoms with Crippen molar-refractivity contribution in [2.24, 2.45) is 0 Å². The fourth-order valence-corrected chi connectivity index (χ4v) is 4.21. The zero-order valence-electron chi connectivity index (χ0n) is 16.1. The molecule has 1 saturated carbocycles. The van der Waals surface area contributed by atoms with Gasteiger partial charge in [0, 0.05) is 59.9 Å². The molecule has 1 amide bonds. The number of halogens is 5. The third-order valence-corrected chi connectivity index (χ3v) is 6.26. The van der Waals surface area contributed by atoms with Crippen LogP contribution < -0.4 is 0 Å². The van der Waals surface area contributed by atoms with Crippen LogP contribution in [0.1, 0.15) is 35.7 Å². The molecule has 2 fully saturated rings. The molecular weight excluding hydrogens is 440 g/mol. The number of carbonyl (C=O) groups is 1. The molecule has 0 unspecified atom stereocenters. The summed E-state index contributed by atoms with van der Waals surface area (Å²) in [6, 6.07) is 6.45. The van der Waals surface area contributed by atoms with Gasteiger partial charge in [0.05, 0.1) is 0 Å². The Bertz CT molecular complexity index is 914. The number of piperazine rings is 1. The molecule has 1 aliphatic heterocycles. The molecule has 10 heteroatoms. The van der Waals surface area contributed by atoms with Gasteiger partial charge in [0.25, 0.3) is 0 Å². The molecule has 0 spiro atoms. The maximum atomic E-state index is 13.0. The molecule has 4 rings (SSSR count). The predicted molar refractivity (Wildman–Crippen MR) is 108 cm³/mol. The summed E-state index contributed by atoms with van der Waals surface area (Å²) in [5.41, 5.74) is 0.423. The Balaban J connectivity index is 1.37. The van der Waals surface area contributed by atoms with Crippen LogP contribution in [0.15, 0.2) is 24.3 Å². The fraction of sp³-hybridized carbons (Fsp3) is 0.500. The molecule has 5 nitrogen and oxygen atoms in total. The molecule has 0 N–H and O–H groups in total. The highest BCUT2D eigenvalue weighted by Gasteiger charge is 2.38. The molecule has 1 aromatic heterocycles. The van der Waals surface area contributed by atoms with Crippen molar-refractivity contribution in [2.75, 3.05) is 26.2 Å². The summed E-state index contributed by atoms with van der Waals surface area (Å²) in [6.07, 6.45) is -2.84. The van der Waals surface area contributed by atoms with Gasteiger partial charge in [0.15, 0.2) is 5.69 Å². The lowest BCUT2D eigenvalue weighted by atomic mass is 10.2. The smallest absolute Gasteiger partial charge is 0.339 e. The number of amides is 1. The van der Waals surface area contributed by atoms with Gasteiger partial charge in [-0.25, -0.2) is 0 Å². The summed E-state index contributed by atoms with van der Waals surface area (Å²) in [4.78, 5) is 16.5. The number of aromatic nitrogens is 2. The van der Waals surface area contributed by atoms with Gasteiger partial charge in [-0.3, -0.25) is 14.4 Å². The van der Waals surface area contributed by atoms with Crippen molar-refractivity contribution in [3.05, 3.63) is 51.3 Å². The molecule has 30 heavy (non-hydrogen) atoms. The third-order valence-electron chi connectivity index (χ3n) is 5.55. The SMILES string of the molecule is O=C(Cn1nc(C(F)(F)F)cc1C1CC1)N1CCN(Cc2c(Cl)cccc2Cl)CC1. The highest BCUT2D eigenvalue weighted by molar-refractivity contribution is 6.35. The Hall–Kier alpha value is -1.77. The molecule has 1 aliphatic carbocycles.